The summed E-state index contributed by atoms with van der Waals surface area (Å²) in [5.41, 5.74) is 7.74. The summed E-state index contributed by atoms with van der Waals surface area (Å²) in [6.07, 6.45) is 0.248. The molecular weight excluding hydrogens is 328 g/mol. The largest absolute Gasteiger partial charge is 0.490 e. The second-order valence-corrected chi connectivity index (χ2v) is 7.29. The third-order valence-electron chi connectivity index (χ3n) is 5.05. The van der Waals surface area contributed by atoms with Crippen LogP contribution >= 0.6 is 0 Å². The predicted molar refractivity (Wildman–Crippen MR) is 103 cm³/mol. The molecule has 1 aliphatic rings. The van der Waals surface area contributed by atoms with Crippen LogP contribution in [0, 0.1) is 27.7 Å². The second kappa shape index (κ2) is 7.78. The molecule has 4 nitrogen and oxygen atoms in total. The monoisotopic (exact) mass is 356 g/mol. The Balaban J connectivity index is 1.93. The molecule has 2 aromatic carbocycles. The van der Waals surface area contributed by atoms with Gasteiger partial charge in [0.25, 0.3) is 0 Å². The zero-order valence-electron chi connectivity index (χ0n) is 16.0. The molecule has 2 aromatic rings. The average Bonchev–Trinajstić information content (AvgIpc) is 3.41. The minimum absolute atomic E-state index is 0.0491. The van der Waals surface area contributed by atoms with Gasteiger partial charge >= 0.3 is 0 Å². The van der Waals surface area contributed by atoms with Gasteiger partial charge in [0.2, 0.25) is 0 Å². The van der Waals surface area contributed by atoms with Gasteiger partial charge in [-0.1, -0.05) is 12.1 Å². The molecule has 0 aliphatic carbocycles. The first-order chi connectivity index (χ1) is 12.4. The SMILES string of the molecule is Cc1cc(-c2cc(C)c(C(CO)CO)c(C)c2)cc(C)c1OCC1CO1. The van der Waals surface area contributed by atoms with Crippen molar-refractivity contribution in [3.05, 3.63) is 52.1 Å². The van der Waals surface area contributed by atoms with Gasteiger partial charge in [-0.3, -0.25) is 0 Å². The van der Waals surface area contributed by atoms with Crippen LogP contribution in [-0.4, -0.2) is 42.7 Å². The van der Waals surface area contributed by atoms with E-state index in [4.69, 9.17) is 9.47 Å². The molecule has 0 amide bonds. The van der Waals surface area contributed by atoms with Gasteiger partial charge in [-0.25, -0.2) is 0 Å². The Kier molecular flexibility index (Phi) is 5.66. The molecule has 0 saturated carbocycles. The maximum absolute atomic E-state index is 9.53. The highest BCUT2D eigenvalue weighted by molar-refractivity contribution is 5.69. The fraction of sp³-hybridized carbons (Fsp3) is 0.455. The molecule has 1 aliphatic heterocycles. The Bertz CT molecular complexity index is 743. The summed E-state index contributed by atoms with van der Waals surface area (Å²) in [6.45, 7) is 9.52. The van der Waals surface area contributed by atoms with Crippen LogP contribution in [0.3, 0.4) is 0 Å². The smallest absolute Gasteiger partial charge is 0.125 e. The first kappa shape index (κ1) is 18.9. The van der Waals surface area contributed by atoms with Gasteiger partial charge in [0.1, 0.15) is 18.5 Å². The van der Waals surface area contributed by atoms with Crippen molar-refractivity contribution in [2.75, 3.05) is 26.4 Å². The highest BCUT2D eigenvalue weighted by atomic mass is 16.6. The molecular formula is C22H28O4. The predicted octanol–water partition coefficient (Wildman–Crippen LogP) is 3.43. The van der Waals surface area contributed by atoms with Crippen molar-refractivity contribution < 1.29 is 19.7 Å². The second-order valence-electron chi connectivity index (χ2n) is 7.29. The van der Waals surface area contributed by atoms with Crippen LogP contribution < -0.4 is 4.74 Å². The van der Waals surface area contributed by atoms with Crippen molar-refractivity contribution in [2.24, 2.45) is 0 Å². The van der Waals surface area contributed by atoms with Crippen LogP contribution in [0.1, 0.15) is 33.7 Å². The van der Waals surface area contributed by atoms with Gasteiger partial charge in [0, 0.05) is 5.92 Å². The number of hydrogen-bond donors (Lipinski definition) is 2. The lowest BCUT2D eigenvalue weighted by atomic mass is 9.88. The third kappa shape index (κ3) is 3.93. The number of aliphatic hydroxyl groups is 2. The minimum Gasteiger partial charge on any atom is -0.490 e. The van der Waals surface area contributed by atoms with Crippen molar-refractivity contribution in [3.63, 3.8) is 0 Å². The molecule has 1 saturated heterocycles. The average molecular weight is 356 g/mol. The summed E-state index contributed by atoms with van der Waals surface area (Å²) < 4.78 is 11.1. The summed E-state index contributed by atoms with van der Waals surface area (Å²) >= 11 is 0. The van der Waals surface area contributed by atoms with E-state index in [9.17, 15) is 10.2 Å². The molecule has 1 unspecified atom stereocenters. The van der Waals surface area contributed by atoms with Crippen molar-refractivity contribution >= 4 is 0 Å². The number of rotatable bonds is 7. The number of aryl methyl sites for hydroxylation is 4. The Morgan fingerprint density at radius 3 is 1.81 bits per heavy atom. The summed E-state index contributed by atoms with van der Waals surface area (Å²) in [6, 6.07) is 8.57. The minimum atomic E-state index is -0.229. The quantitative estimate of drug-likeness (QED) is 0.746. The number of aliphatic hydroxyl groups excluding tert-OH is 2. The highest BCUT2D eigenvalue weighted by Gasteiger charge is 2.24. The normalized spacial score (nSPS) is 16.2. The Hall–Kier alpha value is -1.88. The van der Waals surface area contributed by atoms with Crippen molar-refractivity contribution in [3.8, 4) is 16.9 Å². The van der Waals surface area contributed by atoms with Crippen LogP contribution in [0.5, 0.6) is 5.75 Å². The molecule has 1 fully saturated rings. The molecule has 3 rings (SSSR count). The third-order valence-corrected chi connectivity index (χ3v) is 5.05. The number of epoxide rings is 1. The Labute approximate surface area is 155 Å². The van der Waals surface area contributed by atoms with E-state index in [-0.39, 0.29) is 25.2 Å². The topological polar surface area (TPSA) is 62.2 Å². The molecule has 4 heteroatoms. The van der Waals surface area contributed by atoms with Gasteiger partial charge < -0.3 is 19.7 Å². The number of ether oxygens (including phenoxy) is 2. The first-order valence-electron chi connectivity index (χ1n) is 9.13. The maximum atomic E-state index is 9.53. The van der Waals surface area contributed by atoms with Gasteiger partial charge in [0.05, 0.1) is 19.8 Å². The molecule has 0 aromatic heterocycles. The summed E-state index contributed by atoms with van der Waals surface area (Å²) in [7, 11) is 0. The van der Waals surface area contributed by atoms with Crippen LogP contribution in [0.15, 0.2) is 24.3 Å². The molecule has 0 radical (unpaired) electrons. The van der Waals surface area contributed by atoms with E-state index in [0.717, 1.165) is 51.3 Å². The van der Waals surface area contributed by atoms with E-state index in [0.29, 0.717) is 6.61 Å². The van der Waals surface area contributed by atoms with E-state index < -0.39 is 0 Å². The van der Waals surface area contributed by atoms with E-state index in [2.05, 4.69) is 38.1 Å². The number of hydrogen-bond acceptors (Lipinski definition) is 4. The highest BCUT2D eigenvalue weighted by Crippen LogP contribution is 2.34. The van der Waals surface area contributed by atoms with Crippen molar-refractivity contribution in [1.29, 1.82) is 0 Å². The van der Waals surface area contributed by atoms with Crippen molar-refractivity contribution in [1.82, 2.24) is 0 Å². The molecule has 1 heterocycles. The van der Waals surface area contributed by atoms with E-state index in [1.165, 1.54) is 0 Å². The summed E-state index contributed by atoms with van der Waals surface area (Å²) in [5.74, 6) is 0.711. The fourth-order valence-electron chi connectivity index (χ4n) is 3.71. The first-order valence-corrected chi connectivity index (χ1v) is 9.13. The lowest BCUT2D eigenvalue weighted by Gasteiger charge is -2.20. The molecule has 1 atom stereocenters. The van der Waals surface area contributed by atoms with Crippen molar-refractivity contribution in [2.45, 2.75) is 39.7 Å². The van der Waals surface area contributed by atoms with E-state index in [1.807, 2.05) is 13.8 Å². The summed E-state index contributed by atoms with van der Waals surface area (Å²) in [4.78, 5) is 0. The number of benzene rings is 2. The van der Waals surface area contributed by atoms with Crippen LogP contribution in [0.4, 0.5) is 0 Å². The van der Waals surface area contributed by atoms with Gasteiger partial charge in [-0.15, -0.1) is 0 Å². The zero-order valence-corrected chi connectivity index (χ0v) is 16.0. The molecule has 140 valence electrons. The van der Waals surface area contributed by atoms with Crippen LogP contribution in [-0.2, 0) is 4.74 Å². The molecule has 0 bridgehead atoms. The summed E-state index contributed by atoms with van der Waals surface area (Å²) in [5, 5.41) is 19.1. The Morgan fingerprint density at radius 1 is 0.923 bits per heavy atom. The Morgan fingerprint density at radius 2 is 1.38 bits per heavy atom. The lowest BCUT2D eigenvalue weighted by Crippen LogP contribution is -2.12. The standard InChI is InChI=1S/C22H28O4/c1-13-5-17(6-14(2)21(13)19(9-23)10-24)18-7-15(3)22(16(4)8-18)26-12-20-11-25-20/h5-8,19-20,23-24H,9-12H2,1-4H3. The zero-order chi connectivity index (χ0) is 18.8. The molecule has 26 heavy (non-hydrogen) atoms. The van der Waals surface area contributed by atoms with Gasteiger partial charge in [0.15, 0.2) is 0 Å². The van der Waals surface area contributed by atoms with E-state index >= 15 is 0 Å². The lowest BCUT2D eigenvalue weighted by molar-refractivity contribution is 0.192. The molecule has 2 N–H and O–H groups in total. The molecule has 0 spiro atoms. The van der Waals surface area contributed by atoms with Crippen LogP contribution in [0.2, 0.25) is 0 Å². The van der Waals surface area contributed by atoms with Gasteiger partial charge in [-0.2, -0.15) is 0 Å². The van der Waals surface area contributed by atoms with Crippen LogP contribution in [0.25, 0.3) is 11.1 Å². The van der Waals surface area contributed by atoms with E-state index in [1.54, 1.807) is 0 Å². The van der Waals surface area contributed by atoms with Gasteiger partial charge in [-0.05, 0) is 78.8 Å². The maximum Gasteiger partial charge on any atom is 0.125 e. The fourth-order valence-corrected chi connectivity index (χ4v) is 3.71.